The van der Waals surface area contributed by atoms with Crippen molar-refractivity contribution in [2.45, 2.75) is 26.2 Å². The van der Waals surface area contributed by atoms with Crippen molar-refractivity contribution in [3.05, 3.63) is 77.2 Å². The van der Waals surface area contributed by atoms with Crippen molar-refractivity contribution in [2.24, 2.45) is 0 Å². The molecule has 24 heavy (non-hydrogen) atoms. The summed E-state index contributed by atoms with van der Waals surface area (Å²) >= 11 is 0. The molecule has 0 saturated carbocycles. The van der Waals surface area contributed by atoms with Gasteiger partial charge in [-0.3, -0.25) is 9.36 Å². The molecule has 0 radical (unpaired) electrons. The molecule has 120 valence electrons. The number of hydrogen-bond acceptors (Lipinski definition) is 2. The van der Waals surface area contributed by atoms with Gasteiger partial charge >= 0.3 is 0 Å². The van der Waals surface area contributed by atoms with Gasteiger partial charge in [0.15, 0.2) is 0 Å². The number of carbonyl (C=O) groups excluding carboxylic acids is 1. The number of para-hydroxylation sites is 1. The molecule has 1 aromatic heterocycles. The first-order chi connectivity index (χ1) is 11.6. The van der Waals surface area contributed by atoms with Crippen molar-refractivity contribution in [3.8, 4) is 5.69 Å². The second-order valence-electron chi connectivity index (χ2n) is 6.33. The van der Waals surface area contributed by atoms with Crippen LogP contribution in [0, 0.1) is 13.8 Å². The number of aromatic nitrogens is 2. The maximum atomic E-state index is 12.3. The lowest BCUT2D eigenvalue weighted by molar-refractivity contribution is -0.116. The van der Waals surface area contributed by atoms with Gasteiger partial charge in [-0.15, -0.1) is 0 Å². The molecule has 0 saturated heterocycles. The third-order valence-corrected chi connectivity index (χ3v) is 4.74. The van der Waals surface area contributed by atoms with Crippen LogP contribution in [0.2, 0.25) is 0 Å². The molecule has 2 heterocycles. The highest BCUT2D eigenvalue weighted by atomic mass is 16.1. The maximum Gasteiger partial charge on any atom is 0.226 e. The molecule has 1 aliphatic rings. The first-order valence-corrected chi connectivity index (χ1v) is 8.13. The van der Waals surface area contributed by atoms with Crippen LogP contribution in [0.15, 0.2) is 54.9 Å². The van der Waals surface area contributed by atoms with E-state index in [1.165, 1.54) is 11.1 Å². The molecule has 1 N–H and O–H groups in total. The lowest BCUT2D eigenvalue weighted by Gasteiger charge is -2.24. The van der Waals surface area contributed by atoms with Gasteiger partial charge in [0.1, 0.15) is 12.1 Å². The Bertz CT molecular complexity index is 912. The molecule has 1 aliphatic heterocycles. The van der Waals surface area contributed by atoms with Crippen molar-refractivity contribution >= 4 is 11.7 Å². The third-order valence-electron chi connectivity index (χ3n) is 4.74. The van der Waals surface area contributed by atoms with Crippen molar-refractivity contribution < 1.29 is 4.79 Å². The molecule has 2 aromatic carbocycles. The van der Waals surface area contributed by atoms with Gasteiger partial charge in [-0.05, 0) is 42.7 Å². The Labute approximate surface area is 141 Å². The average molecular weight is 317 g/mol. The molecule has 1 atom stereocenters. The summed E-state index contributed by atoms with van der Waals surface area (Å²) in [5.41, 5.74) is 5.57. The summed E-state index contributed by atoms with van der Waals surface area (Å²) < 4.78 is 1.94. The standard InChI is InChI=1S/C20H19N3O/c1-13-8-9-15(10-14(13)2)17-11-18(24)22-20-19(17)21-12-23(20)16-6-4-3-5-7-16/h3-10,12,17H,11H2,1-2H3,(H,22,24)/t17-/m1/s1. The number of anilines is 1. The molecule has 4 heteroatoms. The molecule has 0 spiro atoms. The van der Waals surface area contributed by atoms with Crippen LogP contribution in [-0.4, -0.2) is 15.5 Å². The van der Waals surface area contributed by atoms with Crippen molar-refractivity contribution in [1.82, 2.24) is 9.55 Å². The topological polar surface area (TPSA) is 46.9 Å². The molecule has 4 nitrogen and oxygen atoms in total. The normalized spacial score (nSPS) is 16.6. The first-order valence-electron chi connectivity index (χ1n) is 8.13. The first kappa shape index (κ1) is 14.7. The zero-order valence-corrected chi connectivity index (χ0v) is 13.8. The summed E-state index contributed by atoms with van der Waals surface area (Å²) in [6.45, 7) is 4.20. The molecule has 0 bridgehead atoms. The predicted molar refractivity (Wildman–Crippen MR) is 94.6 cm³/mol. The monoisotopic (exact) mass is 317 g/mol. The molecular weight excluding hydrogens is 298 g/mol. The van der Waals surface area contributed by atoms with Gasteiger partial charge in [0.25, 0.3) is 0 Å². The highest BCUT2D eigenvalue weighted by molar-refractivity contribution is 5.94. The average Bonchev–Trinajstić information content (AvgIpc) is 3.01. The van der Waals surface area contributed by atoms with Crippen LogP contribution < -0.4 is 5.32 Å². The number of fused-ring (bicyclic) bond motifs is 1. The summed E-state index contributed by atoms with van der Waals surface area (Å²) in [7, 11) is 0. The molecule has 0 unspecified atom stereocenters. The van der Waals surface area contributed by atoms with Gasteiger partial charge in [-0.2, -0.15) is 0 Å². The van der Waals surface area contributed by atoms with Gasteiger partial charge in [0, 0.05) is 18.0 Å². The minimum absolute atomic E-state index is 0.00184. The van der Waals surface area contributed by atoms with Crippen LogP contribution in [0.3, 0.4) is 0 Å². The Morgan fingerprint density at radius 1 is 1.08 bits per heavy atom. The minimum atomic E-state index is -0.00184. The molecule has 1 amide bonds. The zero-order chi connectivity index (χ0) is 16.7. The van der Waals surface area contributed by atoms with E-state index in [4.69, 9.17) is 0 Å². The fourth-order valence-corrected chi connectivity index (χ4v) is 3.25. The summed E-state index contributed by atoms with van der Waals surface area (Å²) in [6.07, 6.45) is 2.22. The van der Waals surface area contributed by atoms with E-state index in [0.717, 1.165) is 22.8 Å². The van der Waals surface area contributed by atoms with Crippen molar-refractivity contribution in [2.75, 3.05) is 5.32 Å². The Kier molecular flexibility index (Phi) is 3.45. The summed E-state index contributed by atoms with van der Waals surface area (Å²) in [6, 6.07) is 16.3. The Balaban J connectivity index is 1.82. The SMILES string of the molecule is Cc1ccc([C@H]2CC(=O)Nc3c2ncn3-c2ccccc2)cc1C. The minimum Gasteiger partial charge on any atom is -0.310 e. The van der Waals surface area contributed by atoms with E-state index in [2.05, 4.69) is 42.3 Å². The van der Waals surface area contributed by atoms with E-state index >= 15 is 0 Å². The highest BCUT2D eigenvalue weighted by Gasteiger charge is 2.31. The van der Waals surface area contributed by atoms with Gasteiger partial charge in [0.05, 0.1) is 5.69 Å². The summed E-state index contributed by atoms with van der Waals surface area (Å²) in [5.74, 6) is 0.807. The number of amides is 1. The van der Waals surface area contributed by atoms with Gasteiger partial charge in [0.2, 0.25) is 5.91 Å². The number of carbonyl (C=O) groups is 1. The van der Waals surface area contributed by atoms with Gasteiger partial charge < -0.3 is 5.32 Å². The van der Waals surface area contributed by atoms with Crippen LogP contribution in [0.1, 0.15) is 34.7 Å². The van der Waals surface area contributed by atoms with Gasteiger partial charge in [-0.25, -0.2) is 4.98 Å². The molecule has 0 aliphatic carbocycles. The van der Waals surface area contributed by atoms with Crippen LogP contribution in [-0.2, 0) is 4.79 Å². The van der Waals surface area contributed by atoms with Crippen LogP contribution in [0.25, 0.3) is 5.69 Å². The molecule has 4 rings (SSSR count). The van der Waals surface area contributed by atoms with Crippen LogP contribution in [0.4, 0.5) is 5.82 Å². The number of benzene rings is 2. The van der Waals surface area contributed by atoms with E-state index < -0.39 is 0 Å². The van der Waals surface area contributed by atoms with Gasteiger partial charge in [-0.1, -0.05) is 36.4 Å². The second-order valence-corrected chi connectivity index (χ2v) is 6.33. The van der Waals surface area contributed by atoms with Crippen LogP contribution >= 0.6 is 0 Å². The lowest BCUT2D eigenvalue weighted by Crippen LogP contribution is -2.25. The van der Waals surface area contributed by atoms with E-state index in [9.17, 15) is 4.79 Å². The summed E-state index contributed by atoms with van der Waals surface area (Å²) in [4.78, 5) is 16.9. The molecular formula is C20H19N3O. The number of nitrogens with one attached hydrogen (secondary N) is 1. The maximum absolute atomic E-state index is 12.3. The Morgan fingerprint density at radius 3 is 2.62 bits per heavy atom. The lowest BCUT2D eigenvalue weighted by atomic mass is 9.88. The Morgan fingerprint density at radius 2 is 1.88 bits per heavy atom. The van der Waals surface area contributed by atoms with E-state index in [0.29, 0.717) is 6.42 Å². The van der Waals surface area contributed by atoms with E-state index in [1.54, 1.807) is 6.33 Å². The number of imidazole rings is 1. The van der Waals surface area contributed by atoms with E-state index in [-0.39, 0.29) is 11.8 Å². The number of rotatable bonds is 2. The zero-order valence-electron chi connectivity index (χ0n) is 13.8. The quantitative estimate of drug-likeness (QED) is 0.777. The molecule has 3 aromatic rings. The second kappa shape index (κ2) is 5.64. The fourth-order valence-electron chi connectivity index (χ4n) is 3.25. The predicted octanol–water partition coefficient (Wildman–Crippen LogP) is 3.96. The number of hydrogen-bond donors (Lipinski definition) is 1. The van der Waals surface area contributed by atoms with Crippen LogP contribution in [0.5, 0.6) is 0 Å². The smallest absolute Gasteiger partial charge is 0.226 e. The number of nitrogens with zero attached hydrogens (tertiary/aromatic N) is 2. The van der Waals surface area contributed by atoms with E-state index in [1.807, 2.05) is 34.9 Å². The molecule has 0 fully saturated rings. The highest BCUT2D eigenvalue weighted by Crippen LogP contribution is 2.37. The van der Waals surface area contributed by atoms with Crippen molar-refractivity contribution in [3.63, 3.8) is 0 Å². The largest absolute Gasteiger partial charge is 0.310 e. The van der Waals surface area contributed by atoms with Crippen molar-refractivity contribution in [1.29, 1.82) is 0 Å². The summed E-state index contributed by atoms with van der Waals surface area (Å²) in [5, 5.41) is 2.99. The fraction of sp³-hybridized carbons (Fsp3) is 0.200. The third kappa shape index (κ3) is 2.40. The Hall–Kier alpha value is -2.88. The number of aryl methyl sites for hydroxylation is 2.